The summed E-state index contributed by atoms with van der Waals surface area (Å²) in [6, 6.07) is 6.38. The number of nitrogens with one attached hydrogen (secondary N) is 1. The van der Waals surface area contributed by atoms with Crippen LogP contribution in [0.3, 0.4) is 0 Å². The molecule has 0 unspecified atom stereocenters. The Kier molecular flexibility index (Phi) is 4.07. The molecule has 1 aromatic heterocycles. The van der Waals surface area contributed by atoms with Gasteiger partial charge in [0.2, 0.25) is 0 Å². The highest BCUT2D eigenvalue weighted by Crippen LogP contribution is 2.24. The van der Waals surface area contributed by atoms with Crippen LogP contribution in [-0.4, -0.2) is 25.1 Å². The first-order valence-corrected chi connectivity index (χ1v) is 7.36. The molecule has 0 bridgehead atoms. The normalized spacial score (nSPS) is 13.2. The van der Waals surface area contributed by atoms with Crippen molar-refractivity contribution in [3.8, 4) is 5.75 Å². The zero-order chi connectivity index (χ0) is 14.8. The summed E-state index contributed by atoms with van der Waals surface area (Å²) in [5.74, 6) is 1.16. The third-order valence-corrected chi connectivity index (χ3v) is 3.39. The van der Waals surface area contributed by atoms with Gasteiger partial charge in [0.05, 0.1) is 7.11 Å². The zero-order valence-electron chi connectivity index (χ0n) is 11.1. The van der Waals surface area contributed by atoms with Gasteiger partial charge in [0, 0.05) is 19.4 Å². The number of imidazole rings is 1. The molecule has 0 aliphatic rings. The Morgan fingerprint density at radius 2 is 2.20 bits per heavy atom. The van der Waals surface area contributed by atoms with Crippen molar-refractivity contribution in [3.63, 3.8) is 0 Å². The molecule has 0 fully saturated rings. The highest BCUT2D eigenvalue weighted by molar-refractivity contribution is 7.87. The molecular weight excluding hydrogens is 280 g/mol. The minimum atomic E-state index is -3.88. The van der Waals surface area contributed by atoms with Crippen molar-refractivity contribution in [2.45, 2.75) is 6.04 Å². The van der Waals surface area contributed by atoms with E-state index in [1.807, 2.05) is 0 Å². The van der Waals surface area contributed by atoms with Gasteiger partial charge in [0.15, 0.2) is 0 Å². The Balaban J connectivity index is 2.48. The van der Waals surface area contributed by atoms with Gasteiger partial charge in [0.1, 0.15) is 17.6 Å². The smallest absolute Gasteiger partial charge is 0.275 e. The van der Waals surface area contributed by atoms with Crippen molar-refractivity contribution in [1.82, 2.24) is 14.3 Å². The van der Waals surface area contributed by atoms with E-state index in [0.717, 1.165) is 0 Å². The lowest BCUT2D eigenvalue weighted by Crippen LogP contribution is -2.36. The number of ether oxygens (including phenoxy) is 1. The van der Waals surface area contributed by atoms with Gasteiger partial charge >= 0.3 is 0 Å². The second-order valence-corrected chi connectivity index (χ2v) is 5.59. The highest BCUT2D eigenvalue weighted by Gasteiger charge is 2.22. The van der Waals surface area contributed by atoms with E-state index >= 15 is 0 Å². The van der Waals surface area contributed by atoms with Crippen LogP contribution in [0.2, 0.25) is 0 Å². The molecule has 0 spiro atoms. The Bertz CT molecular complexity index is 696. The van der Waals surface area contributed by atoms with Gasteiger partial charge in [0.25, 0.3) is 10.2 Å². The zero-order valence-corrected chi connectivity index (χ0v) is 12.0. The van der Waals surface area contributed by atoms with E-state index in [0.29, 0.717) is 17.1 Å². The lowest BCUT2D eigenvalue weighted by atomic mass is 10.1. The van der Waals surface area contributed by atoms with Gasteiger partial charge in [-0.1, -0.05) is 12.1 Å². The van der Waals surface area contributed by atoms with Gasteiger partial charge in [-0.15, -0.1) is 0 Å². The largest absolute Gasteiger partial charge is 0.497 e. The quantitative estimate of drug-likeness (QED) is 0.829. The lowest BCUT2D eigenvalue weighted by Gasteiger charge is -2.18. The molecule has 20 heavy (non-hydrogen) atoms. The summed E-state index contributed by atoms with van der Waals surface area (Å²) in [4.78, 5) is 4.17. The van der Waals surface area contributed by atoms with Crippen LogP contribution in [0.15, 0.2) is 36.7 Å². The summed E-state index contributed by atoms with van der Waals surface area (Å²) in [7, 11) is -0.556. The molecule has 8 heteroatoms. The van der Waals surface area contributed by atoms with Crippen LogP contribution in [0.4, 0.5) is 0 Å². The molecule has 2 rings (SSSR count). The molecule has 0 saturated heterocycles. The number of aromatic nitrogens is 2. The predicted molar refractivity (Wildman–Crippen MR) is 74.3 cm³/mol. The van der Waals surface area contributed by atoms with Crippen LogP contribution < -0.4 is 14.6 Å². The molecule has 1 heterocycles. The minimum absolute atomic E-state index is 0.535. The van der Waals surface area contributed by atoms with Crippen LogP contribution in [0.1, 0.15) is 17.4 Å². The van der Waals surface area contributed by atoms with E-state index in [2.05, 4.69) is 9.71 Å². The van der Waals surface area contributed by atoms with E-state index in [1.54, 1.807) is 55.4 Å². The first kappa shape index (κ1) is 14.5. The molecule has 0 aliphatic heterocycles. The average molecular weight is 296 g/mol. The van der Waals surface area contributed by atoms with Crippen LogP contribution >= 0.6 is 0 Å². The van der Waals surface area contributed by atoms with E-state index in [9.17, 15) is 8.42 Å². The molecule has 1 atom stereocenters. The van der Waals surface area contributed by atoms with E-state index in [-0.39, 0.29) is 0 Å². The fraction of sp³-hybridized carbons (Fsp3) is 0.250. The van der Waals surface area contributed by atoms with Crippen molar-refractivity contribution >= 4 is 10.2 Å². The van der Waals surface area contributed by atoms with Gasteiger partial charge in [-0.2, -0.15) is 13.1 Å². The van der Waals surface area contributed by atoms with Crippen molar-refractivity contribution in [1.29, 1.82) is 0 Å². The van der Waals surface area contributed by atoms with E-state index < -0.39 is 16.3 Å². The van der Waals surface area contributed by atoms with Crippen molar-refractivity contribution in [2.75, 3.05) is 7.11 Å². The van der Waals surface area contributed by atoms with Gasteiger partial charge in [-0.25, -0.2) is 10.1 Å². The summed E-state index contributed by atoms with van der Waals surface area (Å²) >= 11 is 0. The van der Waals surface area contributed by atoms with E-state index in [4.69, 9.17) is 9.88 Å². The number of rotatable bonds is 5. The second kappa shape index (κ2) is 5.61. The Morgan fingerprint density at radius 3 is 2.75 bits per heavy atom. The maximum absolute atomic E-state index is 11.4. The molecule has 3 N–H and O–H groups in total. The summed E-state index contributed by atoms with van der Waals surface area (Å²) in [5, 5.41) is 5.09. The fourth-order valence-corrected chi connectivity index (χ4v) is 2.48. The standard InChI is InChI=1S/C12H16N4O3S/c1-16-7-6-14-12(16)11(15-20(13,17)18)9-4-3-5-10(8-9)19-2/h3-8,11,15H,1-2H3,(H2,13,17,18)/t11-/m1/s1. The number of nitrogens with zero attached hydrogens (tertiary/aromatic N) is 2. The molecule has 0 saturated carbocycles. The molecule has 7 nitrogen and oxygen atoms in total. The summed E-state index contributed by atoms with van der Waals surface area (Å²) < 4.78 is 32.0. The third-order valence-electron chi connectivity index (χ3n) is 2.83. The Morgan fingerprint density at radius 1 is 1.45 bits per heavy atom. The number of methoxy groups -OCH3 is 1. The Labute approximate surface area is 117 Å². The van der Waals surface area contributed by atoms with Crippen molar-refractivity contribution in [2.24, 2.45) is 12.2 Å². The molecule has 2 aromatic rings. The highest BCUT2D eigenvalue weighted by atomic mass is 32.2. The maximum Gasteiger partial charge on any atom is 0.275 e. The van der Waals surface area contributed by atoms with Crippen LogP contribution in [-0.2, 0) is 17.3 Å². The number of aryl methyl sites for hydroxylation is 1. The van der Waals surface area contributed by atoms with Crippen LogP contribution in [0.25, 0.3) is 0 Å². The van der Waals surface area contributed by atoms with Gasteiger partial charge < -0.3 is 9.30 Å². The second-order valence-electron chi connectivity index (χ2n) is 4.27. The summed E-state index contributed by atoms with van der Waals surface area (Å²) in [6.07, 6.45) is 3.32. The monoisotopic (exact) mass is 296 g/mol. The molecular formula is C12H16N4O3S. The number of hydrogen-bond acceptors (Lipinski definition) is 4. The fourth-order valence-electron chi connectivity index (χ4n) is 1.91. The van der Waals surface area contributed by atoms with Gasteiger partial charge in [-0.3, -0.25) is 0 Å². The molecule has 1 aromatic carbocycles. The van der Waals surface area contributed by atoms with Gasteiger partial charge in [-0.05, 0) is 17.7 Å². The Hall–Kier alpha value is -1.90. The summed E-state index contributed by atoms with van der Waals surface area (Å²) in [6.45, 7) is 0. The molecule has 0 amide bonds. The number of hydrogen-bond donors (Lipinski definition) is 2. The lowest BCUT2D eigenvalue weighted by molar-refractivity contribution is 0.413. The van der Waals surface area contributed by atoms with Crippen LogP contribution in [0, 0.1) is 0 Å². The third kappa shape index (κ3) is 3.35. The SMILES string of the molecule is COc1cccc([C@@H](NS(N)(=O)=O)c2nccn2C)c1. The first-order chi connectivity index (χ1) is 9.40. The predicted octanol–water partition coefficient (Wildman–Crippen LogP) is 0.311. The molecule has 108 valence electrons. The number of nitrogens with two attached hydrogens (primary N) is 1. The minimum Gasteiger partial charge on any atom is -0.497 e. The average Bonchev–Trinajstić information content (AvgIpc) is 2.81. The number of benzene rings is 1. The summed E-state index contributed by atoms with van der Waals surface area (Å²) in [5.41, 5.74) is 0.688. The topological polar surface area (TPSA) is 99.2 Å². The maximum atomic E-state index is 11.4. The van der Waals surface area contributed by atoms with Crippen molar-refractivity contribution < 1.29 is 13.2 Å². The van der Waals surface area contributed by atoms with E-state index in [1.165, 1.54) is 0 Å². The first-order valence-electron chi connectivity index (χ1n) is 5.82. The van der Waals surface area contributed by atoms with Crippen molar-refractivity contribution in [3.05, 3.63) is 48.0 Å². The van der Waals surface area contributed by atoms with Crippen LogP contribution in [0.5, 0.6) is 5.75 Å². The molecule has 0 radical (unpaired) electrons. The molecule has 0 aliphatic carbocycles.